The third-order valence-electron chi connectivity index (χ3n) is 3.23. The van der Waals surface area contributed by atoms with Gasteiger partial charge in [0.05, 0.1) is 5.60 Å². The second-order valence-electron chi connectivity index (χ2n) is 5.27. The highest BCUT2D eigenvalue weighted by atomic mass is 19.1. The molecule has 102 valence electrons. The Kier molecular flexibility index (Phi) is 4.71. The van der Waals surface area contributed by atoms with E-state index in [0.717, 1.165) is 0 Å². The van der Waals surface area contributed by atoms with Crippen LogP contribution in [-0.2, 0) is 0 Å². The summed E-state index contributed by atoms with van der Waals surface area (Å²) >= 11 is 0. The van der Waals surface area contributed by atoms with Crippen molar-refractivity contribution in [3.63, 3.8) is 0 Å². The standard InChI is InChI=1S/C14H22FNO2/c1-9(2)14(4,17)8-18-13-6-5-11(15)7-12(13)10(3)16/h5-7,9-10,17H,8,16H2,1-4H3. The minimum Gasteiger partial charge on any atom is -0.490 e. The zero-order chi connectivity index (χ0) is 13.9. The lowest BCUT2D eigenvalue weighted by molar-refractivity contribution is -0.0269. The molecule has 2 atom stereocenters. The van der Waals surface area contributed by atoms with E-state index in [2.05, 4.69) is 0 Å². The lowest BCUT2D eigenvalue weighted by Crippen LogP contribution is -2.38. The Morgan fingerprint density at radius 3 is 2.50 bits per heavy atom. The molecule has 0 aliphatic heterocycles. The van der Waals surface area contributed by atoms with Crippen LogP contribution < -0.4 is 10.5 Å². The average Bonchev–Trinajstić information content (AvgIpc) is 2.27. The van der Waals surface area contributed by atoms with Crippen LogP contribution in [0, 0.1) is 11.7 Å². The van der Waals surface area contributed by atoms with Crippen molar-refractivity contribution in [3.05, 3.63) is 29.6 Å². The molecule has 0 amide bonds. The summed E-state index contributed by atoms with van der Waals surface area (Å²) in [6.07, 6.45) is 0. The van der Waals surface area contributed by atoms with Crippen molar-refractivity contribution in [2.24, 2.45) is 11.7 Å². The second-order valence-corrected chi connectivity index (χ2v) is 5.27. The summed E-state index contributed by atoms with van der Waals surface area (Å²) in [7, 11) is 0. The Hall–Kier alpha value is -1.13. The molecule has 0 radical (unpaired) electrons. The maximum Gasteiger partial charge on any atom is 0.124 e. The van der Waals surface area contributed by atoms with Gasteiger partial charge in [0.1, 0.15) is 18.2 Å². The molecule has 4 heteroatoms. The molecule has 0 aliphatic carbocycles. The van der Waals surface area contributed by atoms with E-state index >= 15 is 0 Å². The van der Waals surface area contributed by atoms with Crippen LogP contribution in [0.15, 0.2) is 18.2 Å². The highest BCUT2D eigenvalue weighted by molar-refractivity contribution is 5.36. The van der Waals surface area contributed by atoms with Crippen LogP contribution in [0.5, 0.6) is 5.75 Å². The first kappa shape index (κ1) is 14.9. The van der Waals surface area contributed by atoms with Gasteiger partial charge in [-0.05, 0) is 38.0 Å². The Morgan fingerprint density at radius 1 is 1.39 bits per heavy atom. The van der Waals surface area contributed by atoms with Crippen LogP contribution in [0.4, 0.5) is 4.39 Å². The number of hydrogen-bond donors (Lipinski definition) is 2. The first-order chi connectivity index (χ1) is 8.24. The molecule has 0 aliphatic rings. The van der Waals surface area contributed by atoms with Crippen LogP contribution in [0.3, 0.4) is 0 Å². The fraction of sp³-hybridized carbons (Fsp3) is 0.571. The van der Waals surface area contributed by atoms with E-state index < -0.39 is 5.60 Å². The van der Waals surface area contributed by atoms with E-state index in [9.17, 15) is 9.50 Å². The molecule has 1 rings (SSSR count). The van der Waals surface area contributed by atoms with Crippen molar-refractivity contribution in [1.82, 2.24) is 0 Å². The van der Waals surface area contributed by atoms with Gasteiger partial charge in [0.2, 0.25) is 0 Å². The monoisotopic (exact) mass is 255 g/mol. The molecule has 1 aromatic carbocycles. The first-order valence-electron chi connectivity index (χ1n) is 6.14. The fourth-order valence-electron chi connectivity index (χ4n) is 1.40. The van der Waals surface area contributed by atoms with E-state index in [1.807, 2.05) is 13.8 Å². The average molecular weight is 255 g/mol. The molecule has 0 heterocycles. The van der Waals surface area contributed by atoms with Gasteiger partial charge in [0, 0.05) is 11.6 Å². The summed E-state index contributed by atoms with van der Waals surface area (Å²) < 4.78 is 18.7. The molecule has 0 spiro atoms. The number of rotatable bonds is 5. The summed E-state index contributed by atoms with van der Waals surface area (Å²) in [6.45, 7) is 7.46. The third-order valence-corrected chi connectivity index (χ3v) is 3.23. The number of hydrogen-bond acceptors (Lipinski definition) is 3. The van der Waals surface area contributed by atoms with Gasteiger partial charge in [-0.1, -0.05) is 13.8 Å². The number of nitrogens with two attached hydrogens (primary N) is 1. The third kappa shape index (κ3) is 3.68. The Bertz CT molecular complexity index is 403. The van der Waals surface area contributed by atoms with E-state index in [1.165, 1.54) is 12.1 Å². The molecule has 3 N–H and O–H groups in total. The number of halogens is 1. The van der Waals surface area contributed by atoms with Crippen molar-refractivity contribution in [2.45, 2.75) is 39.3 Å². The molecule has 3 nitrogen and oxygen atoms in total. The summed E-state index contributed by atoms with van der Waals surface area (Å²) in [5, 5.41) is 10.1. The topological polar surface area (TPSA) is 55.5 Å². The molecule has 1 aromatic rings. The normalized spacial score (nSPS) is 16.4. The Balaban J connectivity index is 2.85. The van der Waals surface area contributed by atoms with E-state index in [0.29, 0.717) is 11.3 Å². The van der Waals surface area contributed by atoms with Gasteiger partial charge in [-0.15, -0.1) is 0 Å². The van der Waals surface area contributed by atoms with Gasteiger partial charge >= 0.3 is 0 Å². The minimum atomic E-state index is -0.927. The molecule has 0 saturated heterocycles. The molecule has 0 saturated carbocycles. The smallest absolute Gasteiger partial charge is 0.124 e. The van der Waals surface area contributed by atoms with E-state index in [1.54, 1.807) is 19.9 Å². The van der Waals surface area contributed by atoms with Crippen molar-refractivity contribution < 1.29 is 14.2 Å². The van der Waals surface area contributed by atoms with Crippen LogP contribution in [0.1, 0.15) is 39.3 Å². The highest BCUT2D eigenvalue weighted by Crippen LogP contribution is 2.26. The number of aliphatic hydroxyl groups is 1. The number of ether oxygens (including phenoxy) is 1. The van der Waals surface area contributed by atoms with Gasteiger partial charge in [-0.2, -0.15) is 0 Å². The zero-order valence-corrected chi connectivity index (χ0v) is 11.4. The zero-order valence-electron chi connectivity index (χ0n) is 11.4. The van der Waals surface area contributed by atoms with E-state index in [-0.39, 0.29) is 24.4 Å². The molecule has 0 fully saturated rings. The van der Waals surface area contributed by atoms with Crippen molar-refractivity contribution in [3.8, 4) is 5.75 Å². The molecular formula is C14H22FNO2. The molecular weight excluding hydrogens is 233 g/mol. The number of benzene rings is 1. The lowest BCUT2D eigenvalue weighted by atomic mass is 9.94. The van der Waals surface area contributed by atoms with Crippen LogP contribution in [0.2, 0.25) is 0 Å². The van der Waals surface area contributed by atoms with Gasteiger partial charge in [-0.3, -0.25) is 0 Å². The maximum atomic E-state index is 13.1. The largest absolute Gasteiger partial charge is 0.490 e. The molecule has 2 unspecified atom stereocenters. The Morgan fingerprint density at radius 2 is 2.00 bits per heavy atom. The fourth-order valence-corrected chi connectivity index (χ4v) is 1.40. The summed E-state index contributed by atoms with van der Waals surface area (Å²) in [4.78, 5) is 0. The summed E-state index contributed by atoms with van der Waals surface area (Å²) in [6, 6.07) is 3.92. The van der Waals surface area contributed by atoms with Crippen LogP contribution in [-0.4, -0.2) is 17.3 Å². The molecule has 18 heavy (non-hydrogen) atoms. The maximum absolute atomic E-state index is 13.1. The Labute approximate surface area is 108 Å². The van der Waals surface area contributed by atoms with Crippen LogP contribution in [0.25, 0.3) is 0 Å². The summed E-state index contributed by atoms with van der Waals surface area (Å²) in [5.74, 6) is 0.245. The summed E-state index contributed by atoms with van der Waals surface area (Å²) in [5.41, 5.74) is 5.45. The van der Waals surface area contributed by atoms with Crippen molar-refractivity contribution in [2.75, 3.05) is 6.61 Å². The van der Waals surface area contributed by atoms with E-state index in [4.69, 9.17) is 10.5 Å². The molecule has 0 aromatic heterocycles. The van der Waals surface area contributed by atoms with Crippen molar-refractivity contribution >= 4 is 0 Å². The van der Waals surface area contributed by atoms with Gasteiger partial charge in [-0.25, -0.2) is 4.39 Å². The van der Waals surface area contributed by atoms with Crippen LogP contribution >= 0.6 is 0 Å². The minimum absolute atomic E-state index is 0.0664. The SMILES string of the molecule is CC(N)c1cc(F)ccc1OCC(C)(O)C(C)C. The quantitative estimate of drug-likeness (QED) is 0.850. The predicted octanol–water partition coefficient (Wildman–Crippen LogP) is 2.63. The lowest BCUT2D eigenvalue weighted by Gasteiger charge is -2.28. The van der Waals surface area contributed by atoms with Gasteiger partial charge < -0.3 is 15.6 Å². The van der Waals surface area contributed by atoms with Crippen molar-refractivity contribution in [1.29, 1.82) is 0 Å². The predicted molar refractivity (Wildman–Crippen MR) is 70.0 cm³/mol. The van der Waals surface area contributed by atoms with Gasteiger partial charge in [0.15, 0.2) is 0 Å². The first-order valence-corrected chi connectivity index (χ1v) is 6.14. The highest BCUT2D eigenvalue weighted by Gasteiger charge is 2.26. The van der Waals surface area contributed by atoms with Gasteiger partial charge in [0.25, 0.3) is 0 Å². The molecule has 0 bridgehead atoms. The second kappa shape index (κ2) is 5.67.